The Morgan fingerprint density at radius 3 is 2.87 bits per heavy atom. The van der Waals surface area contributed by atoms with Gasteiger partial charge in [0.15, 0.2) is 9.84 Å². The Labute approximate surface area is 91.9 Å². The van der Waals surface area contributed by atoms with Crippen molar-refractivity contribution in [1.29, 1.82) is 0 Å². The number of sulfone groups is 1. The molecule has 1 N–H and O–H groups in total. The van der Waals surface area contributed by atoms with Crippen LogP contribution >= 0.6 is 0 Å². The van der Waals surface area contributed by atoms with Gasteiger partial charge in [0.2, 0.25) is 0 Å². The van der Waals surface area contributed by atoms with Gasteiger partial charge in [-0.25, -0.2) is 8.42 Å². The maximum absolute atomic E-state index is 11.5. The van der Waals surface area contributed by atoms with Gasteiger partial charge in [-0.2, -0.15) is 0 Å². The SMILES string of the molecule is CC1CN(C2CCCS(=O)(=O)C2)CCN1. The molecule has 0 amide bonds. The van der Waals surface area contributed by atoms with Crippen LogP contribution in [0.1, 0.15) is 19.8 Å². The Kier molecular flexibility index (Phi) is 3.33. The molecule has 0 aliphatic carbocycles. The van der Waals surface area contributed by atoms with Gasteiger partial charge in [-0.05, 0) is 19.8 Å². The molecule has 15 heavy (non-hydrogen) atoms. The third-order valence-electron chi connectivity index (χ3n) is 3.36. The summed E-state index contributed by atoms with van der Waals surface area (Å²) in [6.45, 7) is 5.12. The Hall–Kier alpha value is -0.130. The van der Waals surface area contributed by atoms with Crippen LogP contribution in [-0.4, -0.2) is 56.5 Å². The minimum Gasteiger partial charge on any atom is -0.312 e. The first-order valence-corrected chi connectivity index (χ1v) is 7.57. The first-order chi connectivity index (χ1) is 7.07. The summed E-state index contributed by atoms with van der Waals surface area (Å²) in [5.41, 5.74) is 0. The number of nitrogens with zero attached hydrogens (tertiary/aromatic N) is 1. The molecule has 4 nitrogen and oxygen atoms in total. The number of rotatable bonds is 1. The largest absolute Gasteiger partial charge is 0.312 e. The second kappa shape index (κ2) is 4.39. The average Bonchev–Trinajstić information content (AvgIpc) is 2.16. The predicted molar refractivity (Wildman–Crippen MR) is 60.7 cm³/mol. The average molecular weight is 232 g/mol. The molecule has 2 heterocycles. The van der Waals surface area contributed by atoms with Crippen molar-refractivity contribution in [3.8, 4) is 0 Å². The zero-order valence-corrected chi connectivity index (χ0v) is 10.1. The quantitative estimate of drug-likeness (QED) is 0.683. The zero-order valence-electron chi connectivity index (χ0n) is 9.28. The van der Waals surface area contributed by atoms with Crippen LogP contribution < -0.4 is 5.32 Å². The summed E-state index contributed by atoms with van der Waals surface area (Å²) in [5.74, 6) is 0.769. The van der Waals surface area contributed by atoms with E-state index in [2.05, 4.69) is 17.1 Å². The molecule has 0 aromatic carbocycles. The molecule has 0 aromatic heterocycles. The molecule has 2 aliphatic rings. The topological polar surface area (TPSA) is 49.4 Å². The van der Waals surface area contributed by atoms with Crippen molar-refractivity contribution in [2.75, 3.05) is 31.1 Å². The number of hydrogen-bond donors (Lipinski definition) is 1. The minimum absolute atomic E-state index is 0.272. The standard InChI is InChI=1S/C10H20N2O2S/c1-9-7-12(5-4-11-9)10-3-2-6-15(13,14)8-10/h9-11H,2-8H2,1H3. The molecule has 88 valence electrons. The summed E-state index contributed by atoms with van der Waals surface area (Å²) in [5, 5.41) is 3.38. The smallest absolute Gasteiger partial charge is 0.151 e. The number of piperazine rings is 1. The van der Waals surface area contributed by atoms with E-state index < -0.39 is 9.84 Å². The van der Waals surface area contributed by atoms with Crippen molar-refractivity contribution < 1.29 is 8.42 Å². The fourth-order valence-electron chi connectivity index (χ4n) is 2.58. The zero-order chi connectivity index (χ0) is 10.9. The van der Waals surface area contributed by atoms with Crippen LogP contribution in [0.25, 0.3) is 0 Å². The van der Waals surface area contributed by atoms with E-state index in [0.29, 0.717) is 17.5 Å². The van der Waals surface area contributed by atoms with Crippen molar-refractivity contribution in [2.24, 2.45) is 0 Å². The molecule has 2 unspecified atom stereocenters. The highest BCUT2D eigenvalue weighted by Crippen LogP contribution is 2.18. The van der Waals surface area contributed by atoms with Gasteiger partial charge in [-0.1, -0.05) is 0 Å². The third-order valence-corrected chi connectivity index (χ3v) is 5.16. The van der Waals surface area contributed by atoms with E-state index in [1.54, 1.807) is 0 Å². The molecule has 2 saturated heterocycles. The lowest BCUT2D eigenvalue weighted by Crippen LogP contribution is -2.55. The highest BCUT2D eigenvalue weighted by molar-refractivity contribution is 7.91. The fourth-order valence-corrected chi connectivity index (χ4v) is 4.32. The van der Waals surface area contributed by atoms with E-state index in [9.17, 15) is 8.42 Å². The Balaban J connectivity index is 1.97. The van der Waals surface area contributed by atoms with Crippen LogP contribution in [-0.2, 0) is 9.84 Å². The van der Waals surface area contributed by atoms with E-state index in [-0.39, 0.29) is 6.04 Å². The third kappa shape index (κ3) is 2.92. The minimum atomic E-state index is -2.76. The van der Waals surface area contributed by atoms with Crippen LogP contribution in [0.4, 0.5) is 0 Å². The lowest BCUT2D eigenvalue weighted by Gasteiger charge is -2.39. The maximum Gasteiger partial charge on any atom is 0.151 e. The first-order valence-electron chi connectivity index (χ1n) is 5.75. The second-order valence-electron chi connectivity index (χ2n) is 4.76. The molecule has 0 radical (unpaired) electrons. The van der Waals surface area contributed by atoms with Gasteiger partial charge < -0.3 is 5.32 Å². The number of nitrogens with one attached hydrogen (secondary N) is 1. The summed E-state index contributed by atoms with van der Waals surface area (Å²) in [7, 11) is -2.76. The summed E-state index contributed by atoms with van der Waals surface area (Å²) in [4.78, 5) is 2.35. The highest BCUT2D eigenvalue weighted by atomic mass is 32.2. The molecule has 2 fully saturated rings. The summed E-state index contributed by atoms with van der Waals surface area (Å²) >= 11 is 0. The normalized spacial score (nSPS) is 37.7. The highest BCUT2D eigenvalue weighted by Gasteiger charge is 2.30. The van der Waals surface area contributed by atoms with Crippen LogP contribution in [0.5, 0.6) is 0 Å². The van der Waals surface area contributed by atoms with Crippen LogP contribution in [0.15, 0.2) is 0 Å². The predicted octanol–water partition coefficient (Wildman–Crippen LogP) is -0.143. The van der Waals surface area contributed by atoms with Gasteiger partial charge in [0.1, 0.15) is 0 Å². The molecule has 2 aliphatic heterocycles. The van der Waals surface area contributed by atoms with E-state index in [0.717, 1.165) is 32.5 Å². The van der Waals surface area contributed by atoms with Gasteiger partial charge >= 0.3 is 0 Å². The Morgan fingerprint density at radius 2 is 2.20 bits per heavy atom. The van der Waals surface area contributed by atoms with Crippen molar-refractivity contribution in [1.82, 2.24) is 10.2 Å². The molecular weight excluding hydrogens is 212 g/mol. The number of hydrogen-bond acceptors (Lipinski definition) is 4. The Morgan fingerprint density at radius 1 is 1.40 bits per heavy atom. The van der Waals surface area contributed by atoms with Crippen LogP contribution in [0.3, 0.4) is 0 Å². The van der Waals surface area contributed by atoms with Gasteiger partial charge in [0.05, 0.1) is 11.5 Å². The van der Waals surface area contributed by atoms with Crippen molar-refractivity contribution in [3.63, 3.8) is 0 Å². The van der Waals surface area contributed by atoms with Crippen molar-refractivity contribution in [2.45, 2.75) is 31.8 Å². The fraction of sp³-hybridized carbons (Fsp3) is 1.00. The molecule has 0 spiro atoms. The Bertz CT molecular complexity index is 315. The maximum atomic E-state index is 11.5. The van der Waals surface area contributed by atoms with Crippen LogP contribution in [0.2, 0.25) is 0 Å². The van der Waals surface area contributed by atoms with E-state index in [1.807, 2.05) is 0 Å². The van der Waals surface area contributed by atoms with Crippen molar-refractivity contribution >= 4 is 9.84 Å². The molecule has 5 heteroatoms. The van der Waals surface area contributed by atoms with Crippen molar-refractivity contribution in [3.05, 3.63) is 0 Å². The summed E-state index contributed by atoms with van der Waals surface area (Å²) in [6, 6.07) is 0.761. The second-order valence-corrected chi connectivity index (χ2v) is 6.99. The van der Waals surface area contributed by atoms with Crippen LogP contribution in [0, 0.1) is 0 Å². The summed E-state index contributed by atoms with van der Waals surface area (Å²) in [6.07, 6.45) is 1.89. The lowest BCUT2D eigenvalue weighted by atomic mass is 10.1. The molecule has 0 saturated carbocycles. The lowest BCUT2D eigenvalue weighted by molar-refractivity contribution is 0.150. The molecule has 0 bridgehead atoms. The molecule has 2 rings (SSSR count). The first kappa shape index (κ1) is 11.4. The van der Waals surface area contributed by atoms with Gasteiger partial charge in [-0.15, -0.1) is 0 Å². The van der Waals surface area contributed by atoms with Gasteiger partial charge in [0, 0.05) is 31.7 Å². The van der Waals surface area contributed by atoms with E-state index in [1.165, 1.54) is 0 Å². The van der Waals surface area contributed by atoms with Gasteiger partial charge in [0.25, 0.3) is 0 Å². The molecule has 2 atom stereocenters. The summed E-state index contributed by atoms with van der Waals surface area (Å²) < 4.78 is 23.1. The molecular formula is C10H20N2O2S. The monoisotopic (exact) mass is 232 g/mol. The van der Waals surface area contributed by atoms with E-state index in [4.69, 9.17) is 0 Å². The van der Waals surface area contributed by atoms with E-state index >= 15 is 0 Å². The molecule has 0 aromatic rings. The van der Waals surface area contributed by atoms with Gasteiger partial charge in [-0.3, -0.25) is 4.90 Å².